The Labute approximate surface area is 78.6 Å². The second kappa shape index (κ2) is 4.08. The highest BCUT2D eigenvalue weighted by Crippen LogP contribution is 2.33. The maximum atomic E-state index is 8.49. The summed E-state index contributed by atoms with van der Waals surface area (Å²) in [6.45, 7) is 0.606. The molecule has 1 aliphatic carbocycles. The van der Waals surface area contributed by atoms with Gasteiger partial charge in [-0.15, -0.1) is 0 Å². The summed E-state index contributed by atoms with van der Waals surface area (Å²) in [7, 11) is 0. The minimum atomic E-state index is -0.0131. The molecule has 0 bridgehead atoms. The third kappa shape index (κ3) is 2.01. The lowest BCUT2D eigenvalue weighted by Gasteiger charge is -2.16. The van der Waals surface area contributed by atoms with Gasteiger partial charge >= 0.3 is 0 Å². The van der Waals surface area contributed by atoms with E-state index in [1.807, 2.05) is 0 Å². The Morgan fingerprint density at radius 3 is 2.77 bits per heavy atom. The molecule has 2 fully saturated rings. The van der Waals surface area contributed by atoms with Crippen LogP contribution in [0.15, 0.2) is 0 Å². The Kier molecular flexibility index (Phi) is 2.82. The number of ether oxygens (including phenoxy) is 2. The van der Waals surface area contributed by atoms with Crippen molar-refractivity contribution in [3.8, 4) is 6.07 Å². The van der Waals surface area contributed by atoms with Gasteiger partial charge in [-0.25, -0.2) is 0 Å². The fourth-order valence-electron chi connectivity index (χ4n) is 2.16. The lowest BCUT2D eigenvalue weighted by atomic mass is 10.1. The maximum Gasteiger partial charge on any atom is 0.161 e. The number of nitrogens with zero attached hydrogens (tertiary/aromatic N) is 1. The largest absolute Gasteiger partial charge is 0.350 e. The van der Waals surface area contributed by atoms with E-state index in [9.17, 15) is 0 Å². The third-order valence-corrected chi connectivity index (χ3v) is 2.88. The molecule has 0 aromatic rings. The molecule has 3 nitrogen and oxygen atoms in total. The highest BCUT2D eigenvalue weighted by atomic mass is 16.7. The molecule has 1 heterocycles. The zero-order valence-corrected chi connectivity index (χ0v) is 7.74. The van der Waals surface area contributed by atoms with Gasteiger partial charge in [0.15, 0.2) is 6.29 Å². The molecule has 2 rings (SSSR count). The minimum Gasteiger partial charge on any atom is -0.350 e. The predicted octanol–water partition coefficient (Wildman–Crippen LogP) is 1.83. The summed E-state index contributed by atoms with van der Waals surface area (Å²) < 4.78 is 11.2. The van der Waals surface area contributed by atoms with Crippen molar-refractivity contribution in [3.05, 3.63) is 0 Å². The van der Waals surface area contributed by atoms with Crippen molar-refractivity contribution in [1.29, 1.82) is 5.26 Å². The van der Waals surface area contributed by atoms with Crippen LogP contribution in [0.1, 0.15) is 32.1 Å². The Bertz CT molecular complexity index is 205. The molecule has 0 aromatic heterocycles. The standard InChI is InChI=1S/C10H15NO2/c11-6-5-9-7-12-10(13-9)8-3-1-2-4-8/h8-10H,1-5,7H2. The normalized spacial score (nSPS) is 35.0. The average Bonchev–Trinajstić information content (AvgIpc) is 2.70. The van der Waals surface area contributed by atoms with E-state index in [-0.39, 0.29) is 12.4 Å². The van der Waals surface area contributed by atoms with E-state index in [4.69, 9.17) is 14.7 Å². The molecular formula is C10H15NO2. The molecule has 0 spiro atoms. The van der Waals surface area contributed by atoms with Crippen molar-refractivity contribution < 1.29 is 9.47 Å². The van der Waals surface area contributed by atoms with Crippen LogP contribution in [0, 0.1) is 17.2 Å². The van der Waals surface area contributed by atoms with Crippen molar-refractivity contribution in [3.63, 3.8) is 0 Å². The quantitative estimate of drug-likeness (QED) is 0.652. The van der Waals surface area contributed by atoms with Gasteiger partial charge in [0.1, 0.15) is 0 Å². The van der Waals surface area contributed by atoms with E-state index < -0.39 is 0 Å². The van der Waals surface area contributed by atoms with Crippen molar-refractivity contribution in [2.24, 2.45) is 5.92 Å². The van der Waals surface area contributed by atoms with Crippen molar-refractivity contribution in [2.45, 2.75) is 44.5 Å². The summed E-state index contributed by atoms with van der Waals surface area (Å²) in [6.07, 6.45) is 5.53. The van der Waals surface area contributed by atoms with E-state index in [1.54, 1.807) is 0 Å². The molecule has 1 aliphatic heterocycles. The van der Waals surface area contributed by atoms with Gasteiger partial charge in [0.2, 0.25) is 0 Å². The van der Waals surface area contributed by atoms with Gasteiger partial charge in [-0.05, 0) is 12.8 Å². The monoisotopic (exact) mass is 181 g/mol. The van der Waals surface area contributed by atoms with Crippen LogP contribution in [0.2, 0.25) is 0 Å². The molecule has 1 saturated heterocycles. The summed E-state index contributed by atoms with van der Waals surface area (Å²) in [5, 5.41) is 8.49. The Morgan fingerprint density at radius 2 is 2.08 bits per heavy atom. The fraction of sp³-hybridized carbons (Fsp3) is 0.900. The van der Waals surface area contributed by atoms with Crippen molar-refractivity contribution >= 4 is 0 Å². The Morgan fingerprint density at radius 1 is 1.31 bits per heavy atom. The highest BCUT2D eigenvalue weighted by Gasteiger charge is 2.33. The average molecular weight is 181 g/mol. The van der Waals surface area contributed by atoms with E-state index in [1.165, 1.54) is 25.7 Å². The molecule has 72 valence electrons. The van der Waals surface area contributed by atoms with Gasteiger partial charge in [-0.1, -0.05) is 12.8 Å². The maximum absolute atomic E-state index is 8.49. The first-order valence-corrected chi connectivity index (χ1v) is 5.04. The molecule has 3 heteroatoms. The number of hydrogen-bond donors (Lipinski definition) is 0. The van der Waals surface area contributed by atoms with Crippen LogP contribution in [0.5, 0.6) is 0 Å². The molecule has 13 heavy (non-hydrogen) atoms. The van der Waals surface area contributed by atoms with Crippen molar-refractivity contribution in [2.75, 3.05) is 6.61 Å². The summed E-state index contributed by atoms with van der Waals surface area (Å²) in [5.74, 6) is 0.587. The van der Waals surface area contributed by atoms with Crippen LogP contribution in [-0.2, 0) is 9.47 Å². The van der Waals surface area contributed by atoms with Crippen LogP contribution in [0.4, 0.5) is 0 Å². The van der Waals surface area contributed by atoms with E-state index in [0.29, 0.717) is 18.9 Å². The second-order valence-electron chi connectivity index (χ2n) is 3.87. The Hall–Kier alpha value is -0.590. The van der Waals surface area contributed by atoms with Gasteiger partial charge in [-0.2, -0.15) is 5.26 Å². The Balaban J connectivity index is 1.80. The van der Waals surface area contributed by atoms with Gasteiger partial charge in [0.05, 0.1) is 25.2 Å². The molecule has 2 unspecified atom stereocenters. The molecule has 0 radical (unpaired) electrons. The van der Waals surface area contributed by atoms with Gasteiger partial charge in [-0.3, -0.25) is 0 Å². The van der Waals surface area contributed by atoms with Crippen molar-refractivity contribution in [1.82, 2.24) is 0 Å². The molecule has 0 aromatic carbocycles. The van der Waals surface area contributed by atoms with E-state index in [0.717, 1.165) is 0 Å². The summed E-state index contributed by atoms with van der Waals surface area (Å²) in [4.78, 5) is 0. The summed E-state index contributed by atoms with van der Waals surface area (Å²) >= 11 is 0. The summed E-state index contributed by atoms with van der Waals surface area (Å²) in [5.41, 5.74) is 0. The van der Waals surface area contributed by atoms with Crippen LogP contribution >= 0.6 is 0 Å². The predicted molar refractivity (Wildman–Crippen MR) is 46.8 cm³/mol. The molecule has 2 atom stereocenters. The number of hydrogen-bond acceptors (Lipinski definition) is 3. The van der Waals surface area contributed by atoms with E-state index in [2.05, 4.69) is 6.07 Å². The van der Waals surface area contributed by atoms with Gasteiger partial charge < -0.3 is 9.47 Å². The lowest BCUT2D eigenvalue weighted by molar-refractivity contribution is -0.0938. The first-order chi connectivity index (χ1) is 6.40. The lowest BCUT2D eigenvalue weighted by Crippen LogP contribution is -2.19. The van der Waals surface area contributed by atoms with Crippen LogP contribution < -0.4 is 0 Å². The summed E-state index contributed by atoms with van der Waals surface area (Å²) in [6, 6.07) is 2.12. The molecule has 1 saturated carbocycles. The fourth-order valence-corrected chi connectivity index (χ4v) is 2.16. The van der Waals surface area contributed by atoms with Crippen LogP contribution in [0.3, 0.4) is 0 Å². The number of rotatable bonds is 2. The third-order valence-electron chi connectivity index (χ3n) is 2.88. The second-order valence-corrected chi connectivity index (χ2v) is 3.87. The number of nitriles is 1. The zero-order valence-electron chi connectivity index (χ0n) is 7.74. The molecule has 2 aliphatic rings. The van der Waals surface area contributed by atoms with Gasteiger partial charge in [0, 0.05) is 5.92 Å². The topological polar surface area (TPSA) is 42.2 Å². The zero-order chi connectivity index (χ0) is 9.10. The first kappa shape index (κ1) is 8.98. The SMILES string of the molecule is N#CCC1COC(C2CCCC2)O1. The van der Waals surface area contributed by atoms with Crippen LogP contribution in [-0.4, -0.2) is 19.0 Å². The van der Waals surface area contributed by atoms with Crippen LogP contribution in [0.25, 0.3) is 0 Å². The molecular weight excluding hydrogens is 166 g/mol. The molecule has 0 amide bonds. The minimum absolute atomic E-state index is 0.0131. The molecule has 0 N–H and O–H groups in total. The van der Waals surface area contributed by atoms with Gasteiger partial charge in [0.25, 0.3) is 0 Å². The highest BCUT2D eigenvalue weighted by molar-refractivity contribution is 4.81. The first-order valence-electron chi connectivity index (χ1n) is 5.04. The van der Waals surface area contributed by atoms with E-state index >= 15 is 0 Å². The smallest absolute Gasteiger partial charge is 0.161 e.